The van der Waals surface area contributed by atoms with E-state index in [-0.39, 0.29) is 24.2 Å². The number of amides is 1. The molecule has 1 aliphatic rings. The number of nitrogens with zero attached hydrogens (tertiary/aromatic N) is 3. The van der Waals surface area contributed by atoms with Gasteiger partial charge in [0.1, 0.15) is 10.8 Å². The maximum absolute atomic E-state index is 13.0. The number of carbonyl (C=O) groups excluding carboxylic acids is 2. The number of thiophene rings is 1. The van der Waals surface area contributed by atoms with Crippen LogP contribution in [0, 0.1) is 5.92 Å². The summed E-state index contributed by atoms with van der Waals surface area (Å²) < 4.78 is 13.2. The minimum absolute atomic E-state index is 0.0973. The van der Waals surface area contributed by atoms with Gasteiger partial charge in [0.25, 0.3) is 0 Å². The second-order valence-corrected chi connectivity index (χ2v) is 11.6. The molecule has 0 bridgehead atoms. The summed E-state index contributed by atoms with van der Waals surface area (Å²) >= 11 is 8.81. The minimum atomic E-state index is -0.406. The predicted molar refractivity (Wildman–Crippen MR) is 152 cm³/mol. The molecular weight excluding hydrogens is 544 g/mol. The first-order chi connectivity index (χ1) is 18.3. The van der Waals surface area contributed by atoms with Gasteiger partial charge in [-0.25, -0.2) is 4.79 Å². The van der Waals surface area contributed by atoms with Gasteiger partial charge in [0.2, 0.25) is 5.91 Å². The predicted octanol–water partition coefficient (Wildman–Crippen LogP) is 6.35. The van der Waals surface area contributed by atoms with E-state index in [9.17, 15) is 9.59 Å². The first-order valence-corrected chi connectivity index (χ1v) is 14.7. The summed E-state index contributed by atoms with van der Waals surface area (Å²) in [5, 5.41) is 13.3. The number of ether oxygens (including phenoxy) is 2. The smallest absolute Gasteiger partial charge is 0.341 e. The van der Waals surface area contributed by atoms with Gasteiger partial charge >= 0.3 is 5.97 Å². The van der Waals surface area contributed by atoms with Crippen LogP contribution in [-0.4, -0.2) is 39.0 Å². The van der Waals surface area contributed by atoms with Crippen LogP contribution in [0.5, 0.6) is 5.75 Å². The van der Waals surface area contributed by atoms with Crippen molar-refractivity contribution in [1.29, 1.82) is 0 Å². The molecule has 0 fully saturated rings. The molecule has 38 heavy (non-hydrogen) atoms. The minimum Gasteiger partial charge on any atom is -0.483 e. The van der Waals surface area contributed by atoms with E-state index < -0.39 is 6.10 Å². The van der Waals surface area contributed by atoms with Crippen molar-refractivity contribution in [3.8, 4) is 5.75 Å². The fraction of sp³-hybridized carbons (Fsp3) is 0.407. The molecule has 4 rings (SSSR count). The Hall–Kier alpha value is -2.82. The highest BCUT2D eigenvalue weighted by Gasteiger charge is 2.29. The summed E-state index contributed by atoms with van der Waals surface area (Å²) in [6.07, 6.45) is 4.07. The number of thioether (sulfide) groups is 1. The van der Waals surface area contributed by atoms with Crippen LogP contribution in [0.25, 0.3) is 0 Å². The standard InChI is InChI=1S/C27H31ClN4O4S2/c1-5-12-32-24(17(4)36-19-9-7-8-18(28)14-19)30-31-27(32)37-15-22(33)29-25-23(26(34)35-6-2)20-11-10-16(3)13-21(20)38-25/h5,7-9,14,16-17H,1,6,10-13,15H2,2-4H3,(H,29,33). The van der Waals surface area contributed by atoms with E-state index in [0.717, 1.165) is 29.7 Å². The lowest BCUT2D eigenvalue weighted by atomic mass is 9.88. The number of fused-ring (bicyclic) bond motifs is 1. The van der Waals surface area contributed by atoms with Crippen molar-refractivity contribution in [2.24, 2.45) is 5.92 Å². The number of aromatic nitrogens is 3. The third-order valence-corrected chi connectivity index (χ3v) is 8.48. The van der Waals surface area contributed by atoms with Crippen LogP contribution in [0.2, 0.25) is 5.02 Å². The fourth-order valence-corrected chi connectivity index (χ4v) is 6.71. The van der Waals surface area contributed by atoms with E-state index in [1.54, 1.807) is 25.1 Å². The molecule has 2 unspecified atom stereocenters. The number of benzene rings is 1. The highest BCUT2D eigenvalue weighted by molar-refractivity contribution is 7.99. The molecule has 2 aromatic heterocycles. The van der Waals surface area contributed by atoms with E-state index in [4.69, 9.17) is 21.1 Å². The quantitative estimate of drug-likeness (QED) is 0.162. The number of halogens is 1. The van der Waals surface area contributed by atoms with E-state index in [1.165, 1.54) is 23.1 Å². The van der Waals surface area contributed by atoms with Crippen LogP contribution in [0.1, 0.15) is 59.9 Å². The van der Waals surface area contributed by atoms with Crippen LogP contribution in [0.3, 0.4) is 0 Å². The van der Waals surface area contributed by atoms with Gasteiger partial charge < -0.3 is 14.8 Å². The highest BCUT2D eigenvalue weighted by Crippen LogP contribution is 2.40. The number of rotatable bonds is 11. The topological polar surface area (TPSA) is 95.3 Å². The van der Waals surface area contributed by atoms with Crippen molar-refractivity contribution in [3.05, 3.63) is 63.8 Å². The van der Waals surface area contributed by atoms with Crippen molar-refractivity contribution < 1.29 is 19.1 Å². The van der Waals surface area contributed by atoms with E-state index in [2.05, 4.69) is 29.0 Å². The molecule has 3 aromatic rings. The molecule has 0 radical (unpaired) electrons. The van der Waals surface area contributed by atoms with Crippen LogP contribution >= 0.6 is 34.7 Å². The Morgan fingerprint density at radius 1 is 1.39 bits per heavy atom. The Balaban J connectivity index is 1.46. The molecule has 0 aliphatic heterocycles. The maximum atomic E-state index is 13.0. The Labute approximate surface area is 235 Å². The highest BCUT2D eigenvalue weighted by atomic mass is 35.5. The van der Waals surface area contributed by atoms with Crippen molar-refractivity contribution in [2.45, 2.75) is 57.8 Å². The van der Waals surface area contributed by atoms with Crippen LogP contribution in [-0.2, 0) is 28.9 Å². The van der Waals surface area contributed by atoms with Gasteiger partial charge in [0.05, 0.1) is 17.9 Å². The fourth-order valence-electron chi connectivity index (χ4n) is 4.36. The molecule has 1 aromatic carbocycles. The van der Waals surface area contributed by atoms with E-state index in [1.807, 2.05) is 23.6 Å². The third kappa shape index (κ3) is 6.59. The lowest BCUT2D eigenvalue weighted by molar-refractivity contribution is -0.113. The largest absolute Gasteiger partial charge is 0.483 e. The molecule has 0 saturated carbocycles. The Bertz CT molecular complexity index is 1320. The number of hydrogen-bond donors (Lipinski definition) is 1. The SMILES string of the molecule is C=CCn1c(SCC(=O)Nc2sc3c(c2C(=O)OCC)CCC(C)C3)nnc1C(C)Oc1cccc(Cl)c1. The summed E-state index contributed by atoms with van der Waals surface area (Å²) in [7, 11) is 0. The first kappa shape index (κ1) is 28.2. The lowest BCUT2D eigenvalue weighted by Crippen LogP contribution is -2.18. The molecular formula is C27H31ClN4O4S2. The first-order valence-electron chi connectivity index (χ1n) is 12.5. The number of hydrogen-bond acceptors (Lipinski definition) is 8. The number of carbonyl (C=O) groups is 2. The molecule has 2 atom stereocenters. The van der Waals surface area contributed by atoms with Gasteiger partial charge in [0.15, 0.2) is 17.1 Å². The average molecular weight is 575 g/mol. The van der Waals surface area contributed by atoms with Crippen molar-refractivity contribution >= 4 is 51.6 Å². The van der Waals surface area contributed by atoms with E-state index in [0.29, 0.717) is 44.8 Å². The van der Waals surface area contributed by atoms with E-state index >= 15 is 0 Å². The van der Waals surface area contributed by atoms with Crippen molar-refractivity contribution in [3.63, 3.8) is 0 Å². The van der Waals surface area contributed by atoms with Crippen molar-refractivity contribution in [1.82, 2.24) is 14.8 Å². The molecule has 202 valence electrons. The summed E-state index contributed by atoms with van der Waals surface area (Å²) in [6, 6.07) is 7.15. The van der Waals surface area contributed by atoms with Crippen molar-refractivity contribution in [2.75, 3.05) is 17.7 Å². The Morgan fingerprint density at radius 2 is 2.21 bits per heavy atom. The molecule has 0 spiro atoms. The second-order valence-electron chi connectivity index (χ2n) is 9.07. The number of nitrogens with one attached hydrogen (secondary N) is 1. The zero-order chi connectivity index (χ0) is 27.2. The summed E-state index contributed by atoms with van der Waals surface area (Å²) in [4.78, 5) is 26.9. The maximum Gasteiger partial charge on any atom is 0.341 e. The Morgan fingerprint density at radius 3 is 2.95 bits per heavy atom. The van der Waals surface area contributed by atoms with Crippen LogP contribution in [0.15, 0.2) is 42.1 Å². The zero-order valence-corrected chi connectivity index (χ0v) is 24.0. The van der Waals surface area contributed by atoms with Gasteiger partial charge in [-0.3, -0.25) is 9.36 Å². The zero-order valence-electron chi connectivity index (χ0n) is 21.7. The average Bonchev–Trinajstić information content (AvgIpc) is 3.43. The molecule has 1 aliphatic carbocycles. The molecule has 8 nitrogen and oxygen atoms in total. The molecule has 1 N–H and O–H groups in total. The molecule has 0 saturated heterocycles. The van der Waals surface area contributed by atoms with Crippen LogP contribution in [0.4, 0.5) is 5.00 Å². The second kappa shape index (κ2) is 12.8. The van der Waals surface area contributed by atoms with Crippen LogP contribution < -0.4 is 10.1 Å². The summed E-state index contributed by atoms with van der Waals surface area (Å²) in [5.74, 6) is 1.26. The molecule has 1 amide bonds. The monoisotopic (exact) mass is 574 g/mol. The normalized spacial score (nSPS) is 15.4. The van der Waals surface area contributed by atoms with Gasteiger partial charge in [-0.2, -0.15) is 0 Å². The van der Waals surface area contributed by atoms with Gasteiger partial charge in [-0.05, 0) is 62.8 Å². The summed E-state index contributed by atoms with van der Waals surface area (Å²) in [6.45, 7) is 10.4. The molecule has 2 heterocycles. The lowest BCUT2D eigenvalue weighted by Gasteiger charge is -2.18. The van der Waals surface area contributed by atoms with Gasteiger partial charge in [-0.15, -0.1) is 28.1 Å². The number of anilines is 1. The third-order valence-electron chi connectivity index (χ3n) is 6.11. The van der Waals surface area contributed by atoms with Gasteiger partial charge in [-0.1, -0.05) is 42.4 Å². The Kier molecular flexibility index (Phi) is 9.51. The molecule has 11 heteroatoms. The summed E-state index contributed by atoms with van der Waals surface area (Å²) in [5.41, 5.74) is 1.51. The number of esters is 1. The van der Waals surface area contributed by atoms with Gasteiger partial charge in [0, 0.05) is 16.4 Å². The number of allylic oxidation sites excluding steroid dienone is 1.